The van der Waals surface area contributed by atoms with Gasteiger partial charge < -0.3 is 10.6 Å². The van der Waals surface area contributed by atoms with Crippen LogP contribution < -0.4 is 16.0 Å². The number of amides is 6. The third kappa shape index (κ3) is 2.81. The molecule has 1 heterocycles. The van der Waals surface area contributed by atoms with Crippen LogP contribution >= 0.6 is 0 Å². The van der Waals surface area contributed by atoms with Crippen molar-refractivity contribution in [3.8, 4) is 0 Å². The molecule has 3 aliphatic rings. The Kier molecular flexibility index (Phi) is 3.90. The van der Waals surface area contributed by atoms with Crippen LogP contribution in [0.1, 0.15) is 36.8 Å². The highest BCUT2D eigenvalue weighted by atomic mass is 16.2. The van der Waals surface area contributed by atoms with Gasteiger partial charge in [0.15, 0.2) is 0 Å². The first kappa shape index (κ1) is 16.6. The zero-order valence-electron chi connectivity index (χ0n) is 14.2. The summed E-state index contributed by atoms with van der Waals surface area (Å²) >= 11 is 0. The van der Waals surface area contributed by atoms with Crippen molar-refractivity contribution in [2.24, 2.45) is 0 Å². The van der Waals surface area contributed by atoms with Crippen LogP contribution in [-0.2, 0) is 21.5 Å². The fourth-order valence-electron chi connectivity index (χ4n) is 3.71. The summed E-state index contributed by atoms with van der Waals surface area (Å²) in [5.74, 6) is -1.12. The monoisotopic (exact) mass is 356 g/mol. The molecule has 1 unspecified atom stereocenters. The first-order valence-electron chi connectivity index (χ1n) is 8.82. The molecule has 1 aromatic carbocycles. The Balaban J connectivity index is 1.49. The van der Waals surface area contributed by atoms with E-state index in [1.807, 2.05) is 24.3 Å². The Labute approximate surface area is 150 Å². The predicted octanol–water partition coefficient (Wildman–Crippen LogP) is 0.758. The second-order valence-corrected chi connectivity index (χ2v) is 7.03. The maximum absolute atomic E-state index is 13.0. The summed E-state index contributed by atoms with van der Waals surface area (Å²) < 4.78 is 0. The molecule has 8 nitrogen and oxygen atoms in total. The van der Waals surface area contributed by atoms with E-state index >= 15 is 0 Å². The molecule has 1 atom stereocenters. The van der Waals surface area contributed by atoms with Crippen molar-refractivity contribution >= 4 is 23.9 Å². The summed E-state index contributed by atoms with van der Waals surface area (Å²) in [6.45, 7) is -0.479. The minimum Gasteiger partial charge on any atom is -0.335 e. The van der Waals surface area contributed by atoms with E-state index < -0.39 is 36.0 Å². The predicted molar refractivity (Wildman–Crippen MR) is 91.0 cm³/mol. The van der Waals surface area contributed by atoms with Gasteiger partial charge in [-0.15, -0.1) is 0 Å². The molecule has 6 amide bonds. The molecule has 1 saturated carbocycles. The SMILES string of the molecule is O=C(CN1C(=O)NC2(CCCc3ccccc32)C1=O)NC(=O)NC1CC1. The Morgan fingerprint density at radius 1 is 1.23 bits per heavy atom. The lowest BCUT2D eigenvalue weighted by Gasteiger charge is -2.33. The van der Waals surface area contributed by atoms with Crippen molar-refractivity contribution in [3.05, 3.63) is 35.4 Å². The van der Waals surface area contributed by atoms with Gasteiger partial charge in [0, 0.05) is 6.04 Å². The molecule has 3 N–H and O–H groups in total. The van der Waals surface area contributed by atoms with Crippen LogP contribution in [0.5, 0.6) is 0 Å². The van der Waals surface area contributed by atoms with E-state index in [2.05, 4.69) is 16.0 Å². The first-order valence-corrected chi connectivity index (χ1v) is 8.82. The van der Waals surface area contributed by atoms with Crippen molar-refractivity contribution in [3.63, 3.8) is 0 Å². The highest BCUT2D eigenvalue weighted by molar-refractivity contribution is 6.10. The van der Waals surface area contributed by atoms with E-state index in [1.54, 1.807) is 0 Å². The maximum atomic E-state index is 13.0. The largest absolute Gasteiger partial charge is 0.335 e. The minimum atomic E-state index is -1.11. The molecule has 8 heteroatoms. The van der Waals surface area contributed by atoms with Gasteiger partial charge in [-0.3, -0.25) is 19.8 Å². The third-order valence-corrected chi connectivity index (χ3v) is 5.12. The van der Waals surface area contributed by atoms with Crippen molar-refractivity contribution in [1.29, 1.82) is 0 Å². The van der Waals surface area contributed by atoms with Crippen LogP contribution in [0.3, 0.4) is 0 Å². The average molecular weight is 356 g/mol. The first-order chi connectivity index (χ1) is 12.5. The molecule has 1 spiro atoms. The van der Waals surface area contributed by atoms with E-state index in [-0.39, 0.29) is 6.04 Å². The smallest absolute Gasteiger partial charge is 0.325 e. The number of fused-ring (bicyclic) bond motifs is 2. The van der Waals surface area contributed by atoms with Gasteiger partial charge >= 0.3 is 12.1 Å². The number of aryl methyl sites for hydroxylation is 1. The van der Waals surface area contributed by atoms with Gasteiger partial charge in [-0.25, -0.2) is 9.59 Å². The van der Waals surface area contributed by atoms with Gasteiger partial charge in [-0.2, -0.15) is 0 Å². The van der Waals surface area contributed by atoms with E-state index in [4.69, 9.17) is 0 Å². The number of urea groups is 2. The molecule has 0 radical (unpaired) electrons. The second-order valence-electron chi connectivity index (χ2n) is 7.03. The fraction of sp³-hybridized carbons (Fsp3) is 0.444. The molecule has 0 bridgehead atoms. The third-order valence-electron chi connectivity index (χ3n) is 5.12. The molecule has 0 aromatic heterocycles. The summed E-state index contributed by atoms with van der Waals surface area (Å²) in [6.07, 6.45) is 3.91. The zero-order chi connectivity index (χ0) is 18.3. The Bertz CT molecular complexity index is 804. The number of hydrogen-bond acceptors (Lipinski definition) is 4. The molecule has 2 fully saturated rings. The topological polar surface area (TPSA) is 108 Å². The number of rotatable bonds is 3. The van der Waals surface area contributed by atoms with Gasteiger partial charge in [0.1, 0.15) is 12.1 Å². The van der Waals surface area contributed by atoms with E-state index in [0.29, 0.717) is 6.42 Å². The molecule has 2 aliphatic carbocycles. The number of hydrogen-bond donors (Lipinski definition) is 3. The molecule has 1 aromatic rings. The molecule has 136 valence electrons. The highest BCUT2D eigenvalue weighted by Crippen LogP contribution is 2.39. The van der Waals surface area contributed by atoms with Crippen LogP contribution in [-0.4, -0.2) is 41.4 Å². The summed E-state index contributed by atoms with van der Waals surface area (Å²) in [5.41, 5.74) is 0.712. The molecule has 26 heavy (non-hydrogen) atoms. The zero-order valence-corrected chi connectivity index (χ0v) is 14.2. The van der Waals surface area contributed by atoms with Crippen molar-refractivity contribution in [2.45, 2.75) is 43.7 Å². The van der Waals surface area contributed by atoms with Crippen molar-refractivity contribution < 1.29 is 19.2 Å². The minimum absolute atomic E-state index is 0.113. The lowest BCUT2D eigenvalue weighted by atomic mass is 9.76. The van der Waals surface area contributed by atoms with Gasteiger partial charge in [-0.05, 0) is 43.2 Å². The van der Waals surface area contributed by atoms with E-state index in [0.717, 1.165) is 41.7 Å². The summed E-state index contributed by atoms with van der Waals surface area (Å²) in [6, 6.07) is 6.45. The van der Waals surface area contributed by atoms with Crippen LogP contribution in [0.2, 0.25) is 0 Å². The normalized spacial score (nSPS) is 24.2. The molecule has 4 rings (SSSR count). The van der Waals surface area contributed by atoms with Gasteiger partial charge in [0.2, 0.25) is 5.91 Å². The molecular weight excluding hydrogens is 336 g/mol. The quantitative estimate of drug-likeness (QED) is 0.695. The summed E-state index contributed by atoms with van der Waals surface area (Å²) in [7, 11) is 0. The maximum Gasteiger partial charge on any atom is 0.325 e. The van der Waals surface area contributed by atoms with E-state index in [9.17, 15) is 19.2 Å². The number of carbonyl (C=O) groups is 4. The van der Waals surface area contributed by atoms with Gasteiger partial charge in [0.25, 0.3) is 5.91 Å². The summed E-state index contributed by atoms with van der Waals surface area (Å²) in [5, 5.41) is 7.58. The van der Waals surface area contributed by atoms with Crippen molar-refractivity contribution in [2.75, 3.05) is 6.54 Å². The Hall–Kier alpha value is -2.90. The highest BCUT2D eigenvalue weighted by Gasteiger charge is 2.54. The molecular formula is C18H20N4O4. The number of nitrogens with zero attached hydrogens (tertiary/aromatic N) is 1. The number of imide groups is 2. The lowest BCUT2D eigenvalue weighted by Crippen LogP contribution is -2.48. The van der Waals surface area contributed by atoms with Crippen LogP contribution in [0.25, 0.3) is 0 Å². The summed E-state index contributed by atoms with van der Waals surface area (Å²) in [4.78, 5) is 50.0. The van der Waals surface area contributed by atoms with Gasteiger partial charge in [0.05, 0.1) is 0 Å². The van der Waals surface area contributed by atoms with Gasteiger partial charge in [-0.1, -0.05) is 24.3 Å². The average Bonchev–Trinajstić information content (AvgIpc) is 3.39. The van der Waals surface area contributed by atoms with Crippen LogP contribution in [0.15, 0.2) is 24.3 Å². The Morgan fingerprint density at radius 3 is 2.77 bits per heavy atom. The number of carbonyl (C=O) groups excluding carboxylic acids is 4. The van der Waals surface area contributed by atoms with Crippen LogP contribution in [0.4, 0.5) is 9.59 Å². The standard InChI is InChI=1S/C18H20N4O4/c23-14(20-16(25)19-12-7-8-12)10-22-15(24)18(21-17(22)26)9-3-5-11-4-1-2-6-13(11)18/h1-2,4,6,12H,3,5,7-10H2,(H,21,26)(H2,19,20,23,25). The van der Waals surface area contributed by atoms with Crippen molar-refractivity contribution in [1.82, 2.24) is 20.9 Å². The fourth-order valence-corrected chi connectivity index (χ4v) is 3.71. The van der Waals surface area contributed by atoms with E-state index in [1.165, 1.54) is 0 Å². The van der Waals surface area contributed by atoms with Crippen LogP contribution in [0, 0.1) is 0 Å². The molecule has 1 aliphatic heterocycles. The Morgan fingerprint density at radius 2 is 2.00 bits per heavy atom. The molecule has 1 saturated heterocycles. The number of benzene rings is 1. The number of nitrogens with one attached hydrogen (secondary N) is 3. The lowest BCUT2D eigenvalue weighted by molar-refractivity contribution is -0.135. The second kappa shape index (κ2) is 6.12.